The van der Waals surface area contributed by atoms with Crippen LogP contribution in [0.15, 0.2) is 15.8 Å². The van der Waals surface area contributed by atoms with E-state index in [1.54, 1.807) is 4.98 Å². The summed E-state index contributed by atoms with van der Waals surface area (Å²) < 4.78 is 12.6. The summed E-state index contributed by atoms with van der Waals surface area (Å²) in [7, 11) is 4.88. The molecule has 0 spiro atoms. The second-order valence-electron chi connectivity index (χ2n) is 1.64. The number of rotatable bonds is 0. The zero-order chi connectivity index (χ0) is 7.72. The van der Waals surface area contributed by atoms with Crippen molar-refractivity contribution in [2.24, 2.45) is 0 Å². The lowest BCUT2D eigenvalue weighted by molar-refractivity contribution is 0.592. The van der Waals surface area contributed by atoms with Crippen LogP contribution in [-0.2, 0) is 0 Å². The molecule has 0 unspecified atom stereocenters. The standard InChI is InChI=1S/C4H2BFN2O2/c5-8-1-2(6)3(9)7-4(8)10/h1H,(H,7,9,10). The Hall–Kier alpha value is -1.33. The first-order valence-electron chi connectivity index (χ1n) is 2.38. The van der Waals surface area contributed by atoms with Crippen molar-refractivity contribution in [2.45, 2.75) is 0 Å². The molecule has 0 bridgehead atoms. The predicted octanol–water partition coefficient (Wildman–Crippen LogP) is -1.39. The van der Waals surface area contributed by atoms with Gasteiger partial charge in [0.25, 0.3) is 5.56 Å². The number of H-pyrrole nitrogens is 1. The molecule has 6 heteroatoms. The van der Waals surface area contributed by atoms with Crippen LogP contribution in [0, 0.1) is 5.82 Å². The highest BCUT2D eigenvalue weighted by Gasteiger charge is 1.97. The second kappa shape index (κ2) is 2.13. The second-order valence-corrected chi connectivity index (χ2v) is 1.64. The van der Waals surface area contributed by atoms with Gasteiger partial charge in [-0.1, -0.05) is 0 Å². The van der Waals surface area contributed by atoms with E-state index in [0.717, 1.165) is 0 Å². The largest absolute Gasteiger partial charge is 0.354 e. The molecule has 1 aromatic rings. The van der Waals surface area contributed by atoms with Crippen LogP contribution in [0.2, 0.25) is 0 Å². The quantitative estimate of drug-likeness (QED) is 0.451. The Balaban J connectivity index is 3.59. The van der Waals surface area contributed by atoms with Gasteiger partial charge in [-0.15, -0.1) is 0 Å². The molecule has 0 aromatic carbocycles. The van der Waals surface area contributed by atoms with Crippen LogP contribution in [-0.4, -0.2) is 17.4 Å². The van der Waals surface area contributed by atoms with Crippen LogP contribution in [0.3, 0.4) is 0 Å². The van der Waals surface area contributed by atoms with E-state index in [2.05, 4.69) is 0 Å². The summed E-state index contributed by atoms with van der Waals surface area (Å²) in [5, 5.41) is 0. The van der Waals surface area contributed by atoms with Gasteiger partial charge >= 0.3 is 5.69 Å². The van der Waals surface area contributed by atoms with Crippen molar-refractivity contribution in [3.63, 3.8) is 0 Å². The Labute approximate surface area is 55.7 Å². The van der Waals surface area contributed by atoms with Crippen molar-refractivity contribution >= 4 is 7.98 Å². The van der Waals surface area contributed by atoms with Gasteiger partial charge in [-0.25, -0.2) is 4.79 Å². The van der Waals surface area contributed by atoms with Gasteiger partial charge in [0.05, 0.1) is 0 Å². The van der Waals surface area contributed by atoms with E-state index < -0.39 is 17.1 Å². The smallest absolute Gasteiger partial charge is 0.315 e. The predicted molar refractivity (Wildman–Crippen MR) is 32.4 cm³/mol. The average molecular weight is 140 g/mol. The molecule has 0 fully saturated rings. The summed E-state index contributed by atoms with van der Waals surface area (Å²) in [6.07, 6.45) is 0.612. The summed E-state index contributed by atoms with van der Waals surface area (Å²) >= 11 is 0. The minimum absolute atomic E-state index is 0.455. The summed E-state index contributed by atoms with van der Waals surface area (Å²) in [6, 6.07) is 0. The summed E-state index contributed by atoms with van der Waals surface area (Å²) in [6.45, 7) is 0. The van der Waals surface area contributed by atoms with Gasteiger partial charge in [0.15, 0.2) is 0 Å². The van der Waals surface area contributed by atoms with Crippen molar-refractivity contribution in [3.05, 3.63) is 32.9 Å². The third-order valence-corrected chi connectivity index (χ3v) is 0.924. The maximum absolute atomic E-state index is 12.2. The van der Waals surface area contributed by atoms with E-state index in [0.29, 0.717) is 10.7 Å². The number of nitrogens with zero attached hydrogens (tertiary/aromatic N) is 1. The first-order chi connectivity index (χ1) is 4.61. The van der Waals surface area contributed by atoms with E-state index in [9.17, 15) is 14.0 Å². The third kappa shape index (κ3) is 0.998. The van der Waals surface area contributed by atoms with E-state index in [1.807, 2.05) is 0 Å². The van der Waals surface area contributed by atoms with Gasteiger partial charge < -0.3 is 4.48 Å². The Morgan fingerprint density at radius 2 is 2.20 bits per heavy atom. The Morgan fingerprint density at radius 1 is 1.60 bits per heavy atom. The Kier molecular flexibility index (Phi) is 1.45. The van der Waals surface area contributed by atoms with Crippen molar-refractivity contribution in [2.75, 3.05) is 0 Å². The molecule has 0 saturated heterocycles. The first-order valence-corrected chi connectivity index (χ1v) is 2.38. The van der Waals surface area contributed by atoms with Crippen LogP contribution < -0.4 is 11.2 Å². The zero-order valence-electron chi connectivity index (χ0n) is 4.80. The summed E-state index contributed by atoms with van der Waals surface area (Å²) in [5.74, 6) is -1.08. The lowest BCUT2D eigenvalue weighted by Gasteiger charge is -1.92. The van der Waals surface area contributed by atoms with Gasteiger partial charge in [0.1, 0.15) is 0 Å². The van der Waals surface area contributed by atoms with E-state index in [4.69, 9.17) is 7.98 Å². The fourth-order valence-corrected chi connectivity index (χ4v) is 0.461. The molecule has 0 saturated carbocycles. The maximum atomic E-state index is 12.2. The van der Waals surface area contributed by atoms with Crippen LogP contribution >= 0.6 is 0 Å². The highest BCUT2D eigenvalue weighted by atomic mass is 19.1. The fourth-order valence-electron chi connectivity index (χ4n) is 0.461. The molecule has 2 radical (unpaired) electrons. The molecular formula is C4H2BFN2O2. The van der Waals surface area contributed by atoms with E-state index >= 15 is 0 Å². The van der Waals surface area contributed by atoms with Crippen LogP contribution in [0.5, 0.6) is 0 Å². The van der Waals surface area contributed by atoms with Gasteiger partial charge in [0, 0.05) is 6.20 Å². The van der Waals surface area contributed by atoms with Crippen molar-refractivity contribution in [3.8, 4) is 0 Å². The van der Waals surface area contributed by atoms with E-state index in [-0.39, 0.29) is 0 Å². The highest BCUT2D eigenvalue weighted by Crippen LogP contribution is 1.77. The average Bonchev–Trinajstić information content (AvgIpc) is 1.84. The molecule has 0 amide bonds. The number of hydrogen-bond donors (Lipinski definition) is 1. The minimum Gasteiger partial charge on any atom is -0.354 e. The SMILES string of the molecule is [B]n1cc(F)c(=O)[nH]c1=O. The topological polar surface area (TPSA) is 54.9 Å². The molecule has 0 atom stereocenters. The molecule has 0 aliphatic rings. The molecule has 1 rings (SSSR count). The van der Waals surface area contributed by atoms with Gasteiger partial charge in [-0.2, -0.15) is 4.39 Å². The molecule has 1 heterocycles. The molecule has 0 aliphatic carbocycles. The number of aromatic nitrogens is 2. The number of nitrogens with one attached hydrogen (secondary N) is 1. The van der Waals surface area contributed by atoms with Crippen LogP contribution in [0.4, 0.5) is 4.39 Å². The number of halogens is 1. The molecule has 4 nitrogen and oxygen atoms in total. The summed E-state index contributed by atoms with van der Waals surface area (Å²) in [4.78, 5) is 22.4. The fraction of sp³-hybridized carbons (Fsp3) is 0. The van der Waals surface area contributed by atoms with Crippen molar-refractivity contribution in [1.29, 1.82) is 0 Å². The minimum atomic E-state index is -1.08. The van der Waals surface area contributed by atoms with Crippen LogP contribution in [0.25, 0.3) is 0 Å². The number of aromatic amines is 1. The van der Waals surface area contributed by atoms with Gasteiger partial charge in [-0.05, 0) is 0 Å². The third-order valence-electron chi connectivity index (χ3n) is 0.924. The van der Waals surface area contributed by atoms with Gasteiger partial charge in [-0.3, -0.25) is 9.78 Å². The van der Waals surface area contributed by atoms with Gasteiger partial charge in [0.2, 0.25) is 13.8 Å². The molecule has 0 aliphatic heterocycles. The normalized spacial score (nSPS) is 9.70. The maximum Gasteiger partial charge on any atom is 0.315 e. The number of hydrogen-bond acceptors (Lipinski definition) is 2. The Bertz CT molecular complexity index is 324. The molecule has 1 aromatic heterocycles. The molecular weight excluding hydrogens is 138 g/mol. The molecule has 50 valence electrons. The van der Waals surface area contributed by atoms with Crippen molar-refractivity contribution in [1.82, 2.24) is 9.46 Å². The lowest BCUT2D eigenvalue weighted by Crippen LogP contribution is -2.30. The molecule has 10 heavy (non-hydrogen) atoms. The molecule has 1 N–H and O–H groups in total. The van der Waals surface area contributed by atoms with Crippen molar-refractivity contribution < 1.29 is 4.39 Å². The monoisotopic (exact) mass is 140 g/mol. The first kappa shape index (κ1) is 6.79. The lowest BCUT2D eigenvalue weighted by atomic mass is 10.4. The van der Waals surface area contributed by atoms with E-state index in [1.165, 1.54) is 0 Å². The summed E-state index contributed by atoms with van der Waals surface area (Å²) in [5.41, 5.74) is -1.90. The highest BCUT2D eigenvalue weighted by molar-refractivity contribution is 6.06. The van der Waals surface area contributed by atoms with Crippen LogP contribution in [0.1, 0.15) is 0 Å². The Morgan fingerprint density at radius 3 is 2.70 bits per heavy atom. The zero-order valence-corrected chi connectivity index (χ0v) is 4.80.